The van der Waals surface area contributed by atoms with E-state index >= 15 is 0 Å². The van der Waals surface area contributed by atoms with Gasteiger partial charge in [0.15, 0.2) is 0 Å². The lowest BCUT2D eigenvalue weighted by Crippen LogP contribution is -1.90. The van der Waals surface area contributed by atoms with Gasteiger partial charge < -0.3 is 5.11 Å². The largest absolute Gasteiger partial charge is 0.508 e. The third-order valence-corrected chi connectivity index (χ3v) is 3.89. The van der Waals surface area contributed by atoms with E-state index in [0.29, 0.717) is 5.75 Å². The van der Waals surface area contributed by atoms with E-state index in [9.17, 15) is 5.11 Å². The zero-order valence-electron chi connectivity index (χ0n) is 9.00. The van der Waals surface area contributed by atoms with Crippen molar-refractivity contribution in [2.75, 3.05) is 11.1 Å². The van der Waals surface area contributed by atoms with Crippen LogP contribution in [-0.4, -0.2) is 16.2 Å². The number of hydrogen-bond acceptors (Lipinski definition) is 2. The fourth-order valence-corrected chi connectivity index (χ4v) is 3.14. The molecule has 1 aromatic carbocycles. The van der Waals surface area contributed by atoms with E-state index in [2.05, 4.69) is 28.9 Å². The van der Waals surface area contributed by atoms with Gasteiger partial charge in [-0.15, -0.1) is 11.8 Å². The highest BCUT2D eigenvalue weighted by Gasteiger charge is 2.06. The Morgan fingerprint density at radius 2 is 2.20 bits per heavy atom. The van der Waals surface area contributed by atoms with Gasteiger partial charge in [-0.05, 0) is 30.7 Å². The van der Waals surface area contributed by atoms with Crippen LogP contribution in [-0.2, 0) is 6.42 Å². The monoisotopic (exact) mass is 288 g/mol. The number of rotatable bonds is 6. The highest BCUT2D eigenvalue weighted by Crippen LogP contribution is 2.30. The summed E-state index contributed by atoms with van der Waals surface area (Å²) >= 11 is 5.26. The molecule has 0 aromatic heterocycles. The number of phenols is 1. The van der Waals surface area contributed by atoms with Crippen molar-refractivity contribution in [3.8, 4) is 5.75 Å². The summed E-state index contributed by atoms with van der Waals surface area (Å²) in [6.45, 7) is 2.14. The second-order valence-corrected chi connectivity index (χ2v) is 5.32. The number of thioether (sulfide) groups is 1. The second-order valence-electron chi connectivity index (χ2n) is 3.39. The quantitative estimate of drug-likeness (QED) is 0.480. The Balaban J connectivity index is 2.71. The molecule has 1 aromatic rings. The highest BCUT2D eigenvalue weighted by molar-refractivity contribution is 9.09. The van der Waals surface area contributed by atoms with Gasteiger partial charge in [0.25, 0.3) is 0 Å². The topological polar surface area (TPSA) is 20.2 Å². The molecule has 0 amide bonds. The van der Waals surface area contributed by atoms with Gasteiger partial charge in [-0.1, -0.05) is 35.3 Å². The van der Waals surface area contributed by atoms with Crippen molar-refractivity contribution >= 4 is 27.7 Å². The maximum Gasteiger partial charge on any atom is 0.119 e. The lowest BCUT2D eigenvalue weighted by atomic mass is 10.1. The van der Waals surface area contributed by atoms with Crippen molar-refractivity contribution < 1.29 is 5.11 Å². The Morgan fingerprint density at radius 3 is 2.87 bits per heavy atom. The average Bonchev–Trinajstić information content (AvgIpc) is 2.23. The van der Waals surface area contributed by atoms with Gasteiger partial charge in [-0.3, -0.25) is 0 Å². The molecule has 1 N–H and O–H groups in total. The molecular weight excluding hydrogens is 272 g/mol. The minimum atomic E-state index is 0.445. The first-order valence-corrected chi connectivity index (χ1v) is 7.40. The SMILES string of the molecule is CCCc1c(O)cccc1SCCCBr. The van der Waals surface area contributed by atoms with E-state index in [1.165, 1.54) is 4.90 Å². The molecule has 0 bridgehead atoms. The van der Waals surface area contributed by atoms with Gasteiger partial charge in [0.2, 0.25) is 0 Å². The van der Waals surface area contributed by atoms with Crippen molar-refractivity contribution in [3.05, 3.63) is 23.8 Å². The third-order valence-electron chi connectivity index (χ3n) is 2.14. The Morgan fingerprint density at radius 1 is 1.40 bits per heavy atom. The molecule has 84 valence electrons. The van der Waals surface area contributed by atoms with Crippen LogP contribution in [0.15, 0.2) is 23.1 Å². The zero-order valence-corrected chi connectivity index (χ0v) is 11.4. The lowest BCUT2D eigenvalue weighted by Gasteiger charge is -2.09. The van der Waals surface area contributed by atoms with Crippen molar-refractivity contribution in [2.24, 2.45) is 0 Å². The summed E-state index contributed by atoms with van der Waals surface area (Å²) in [5.41, 5.74) is 1.11. The third kappa shape index (κ3) is 4.07. The molecule has 0 heterocycles. The van der Waals surface area contributed by atoms with Crippen molar-refractivity contribution in [2.45, 2.75) is 31.1 Å². The summed E-state index contributed by atoms with van der Waals surface area (Å²) in [6, 6.07) is 5.80. The van der Waals surface area contributed by atoms with Crippen molar-refractivity contribution in [1.29, 1.82) is 0 Å². The van der Waals surface area contributed by atoms with Crippen LogP contribution in [0.5, 0.6) is 5.75 Å². The maximum absolute atomic E-state index is 9.76. The normalized spacial score (nSPS) is 10.5. The molecule has 0 saturated carbocycles. The van der Waals surface area contributed by atoms with Crippen LogP contribution in [0.25, 0.3) is 0 Å². The fourth-order valence-electron chi connectivity index (χ4n) is 1.43. The van der Waals surface area contributed by atoms with Gasteiger partial charge in [-0.2, -0.15) is 0 Å². The van der Waals surface area contributed by atoms with E-state index in [1.54, 1.807) is 6.07 Å². The Labute approximate surface area is 104 Å². The molecule has 3 heteroatoms. The van der Waals surface area contributed by atoms with Crippen LogP contribution in [0.1, 0.15) is 25.3 Å². The summed E-state index contributed by atoms with van der Waals surface area (Å²) in [6.07, 6.45) is 3.19. The summed E-state index contributed by atoms with van der Waals surface area (Å²) in [7, 11) is 0. The van der Waals surface area contributed by atoms with Crippen LogP contribution < -0.4 is 0 Å². The number of halogens is 1. The van der Waals surface area contributed by atoms with Crippen molar-refractivity contribution in [1.82, 2.24) is 0 Å². The number of phenolic OH excluding ortho intramolecular Hbond substituents is 1. The second kappa shape index (κ2) is 7.18. The molecule has 0 unspecified atom stereocenters. The molecule has 1 nitrogen and oxygen atoms in total. The summed E-state index contributed by atoms with van der Waals surface area (Å²) in [4.78, 5) is 1.23. The van der Waals surface area contributed by atoms with E-state index < -0.39 is 0 Å². The van der Waals surface area contributed by atoms with Gasteiger partial charge in [0.05, 0.1) is 0 Å². The first kappa shape index (κ1) is 12.9. The number of aromatic hydroxyl groups is 1. The van der Waals surface area contributed by atoms with Gasteiger partial charge in [-0.25, -0.2) is 0 Å². The summed E-state index contributed by atoms with van der Waals surface area (Å²) < 4.78 is 0. The molecule has 15 heavy (non-hydrogen) atoms. The molecule has 0 aliphatic heterocycles. The van der Waals surface area contributed by atoms with E-state index in [1.807, 2.05) is 17.8 Å². The molecule has 0 radical (unpaired) electrons. The molecular formula is C12H17BrOS. The minimum Gasteiger partial charge on any atom is -0.508 e. The van der Waals surface area contributed by atoms with E-state index in [0.717, 1.165) is 35.9 Å². The van der Waals surface area contributed by atoms with E-state index in [4.69, 9.17) is 0 Å². The fraction of sp³-hybridized carbons (Fsp3) is 0.500. The molecule has 0 saturated heterocycles. The molecule has 0 spiro atoms. The van der Waals surface area contributed by atoms with Gasteiger partial charge in [0, 0.05) is 15.8 Å². The molecule has 0 atom stereocenters. The predicted molar refractivity (Wildman–Crippen MR) is 71.2 cm³/mol. The van der Waals surface area contributed by atoms with Crippen LogP contribution in [0.3, 0.4) is 0 Å². The first-order chi connectivity index (χ1) is 7.29. The van der Waals surface area contributed by atoms with Crippen LogP contribution >= 0.6 is 27.7 Å². The summed E-state index contributed by atoms with van der Waals surface area (Å²) in [5.74, 6) is 1.55. The van der Waals surface area contributed by atoms with Gasteiger partial charge >= 0.3 is 0 Å². The minimum absolute atomic E-state index is 0.445. The zero-order chi connectivity index (χ0) is 11.1. The smallest absolute Gasteiger partial charge is 0.119 e. The predicted octanol–water partition coefficient (Wildman–Crippen LogP) is 4.22. The lowest BCUT2D eigenvalue weighted by molar-refractivity contribution is 0.465. The average molecular weight is 289 g/mol. The Kier molecular flexibility index (Phi) is 6.18. The first-order valence-electron chi connectivity index (χ1n) is 5.29. The highest BCUT2D eigenvalue weighted by atomic mass is 79.9. The van der Waals surface area contributed by atoms with Crippen LogP contribution in [0.2, 0.25) is 0 Å². The molecule has 0 fully saturated rings. The van der Waals surface area contributed by atoms with Crippen LogP contribution in [0, 0.1) is 0 Å². The number of benzene rings is 1. The standard InChI is InChI=1S/C12H17BrOS/c1-2-5-10-11(14)6-3-7-12(10)15-9-4-8-13/h3,6-7,14H,2,4-5,8-9H2,1H3. The van der Waals surface area contributed by atoms with E-state index in [-0.39, 0.29) is 0 Å². The van der Waals surface area contributed by atoms with Gasteiger partial charge in [0.1, 0.15) is 5.75 Å². The Bertz CT molecular complexity index is 302. The number of hydrogen-bond donors (Lipinski definition) is 1. The Hall–Kier alpha value is -0.150. The molecule has 0 aliphatic carbocycles. The van der Waals surface area contributed by atoms with Crippen molar-refractivity contribution in [3.63, 3.8) is 0 Å². The van der Waals surface area contributed by atoms with Crippen LogP contribution in [0.4, 0.5) is 0 Å². The maximum atomic E-state index is 9.76. The molecule has 0 aliphatic rings. The number of alkyl halides is 1. The molecule has 1 rings (SSSR count). The summed E-state index contributed by atoms with van der Waals surface area (Å²) in [5, 5.41) is 10.8.